The summed E-state index contributed by atoms with van der Waals surface area (Å²) >= 11 is 0. The first-order valence-corrected chi connectivity index (χ1v) is 12.8. The summed E-state index contributed by atoms with van der Waals surface area (Å²) in [6.45, 7) is 14.7. The van der Waals surface area contributed by atoms with Crippen molar-refractivity contribution in [2.75, 3.05) is 64.7 Å². The molecule has 2 aliphatic rings. The molecule has 0 amide bonds. The summed E-state index contributed by atoms with van der Waals surface area (Å²) < 4.78 is 32.1. The molecule has 0 aromatic rings. The Morgan fingerprint density at radius 2 is 1.70 bits per heavy atom. The number of ether oxygens (including phenoxy) is 1. The summed E-state index contributed by atoms with van der Waals surface area (Å²) in [6.07, 6.45) is 3.74. The fourth-order valence-corrected chi connectivity index (χ4v) is 5.21. The zero-order valence-corrected chi connectivity index (χ0v) is 22.3. The van der Waals surface area contributed by atoms with Crippen molar-refractivity contribution in [2.45, 2.75) is 59.1 Å². The third-order valence-electron chi connectivity index (χ3n) is 5.64. The number of piperazine rings is 1. The minimum Gasteiger partial charge on any atom is -0.378 e. The maximum Gasteiger partial charge on any atom is 0.216 e. The summed E-state index contributed by atoms with van der Waals surface area (Å²) in [6, 6.07) is 0.494. The highest BCUT2D eigenvalue weighted by Crippen LogP contribution is 2.15. The molecular formula is C20H42IN5O3S. The molecular weight excluding hydrogens is 517 g/mol. The van der Waals surface area contributed by atoms with E-state index in [0.717, 1.165) is 25.5 Å². The Morgan fingerprint density at radius 1 is 1.07 bits per heavy atom. The van der Waals surface area contributed by atoms with Gasteiger partial charge >= 0.3 is 0 Å². The Hall–Kier alpha value is -0.170. The van der Waals surface area contributed by atoms with Crippen LogP contribution in [0.2, 0.25) is 0 Å². The van der Waals surface area contributed by atoms with Crippen LogP contribution in [0.5, 0.6) is 0 Å². The number of likely N-dealkylation sites (tertiary alicyclic amines) is 1. The highest BCUT2D eigenvalue weighted by Gasteiger charge is 2.28. The van der Waals surface area contributed by atoms with Gasteiger partial charge in [-0.15, -0.1) is 24.0 Å². The van der Waals surface area contributed by atoms with Crippen molar-refractivity contribution in [2.24, 2.45) is 4.99 Å². The summed E-state index contributed by atoms with van der Waals surface area (Å²) in [5.41, 5.74) is 0. The molecule has 178 valence electrons. The van der Waals surface area contributed by atoms with Crippen molar-refractivity contribution in [1.82, 2.24) is 19.4 Å². The molecule has 0 saturated carbocycles. The molecule has 1 unspecified atom stereocenters. The second-order valence-electron chi connectivity index (χ2n) is 8.12. The summed E-state index contributed by atoms with van der Waals surface area (Å²) in [7, 11) is -3.27. The monoisotopic (exact) mass is 559 g/mol. The first-order valence-electron chi connectivity index (χ1n) is 11.2. The van der Waals surface area contributed by atoms with Crippen molar-refractivity contribution in [3.8, 4) is 0 Å². The second kappa shape index (κ2) is 14.1. The molecule has 1 atom stereocenters. The average molecular weight is 560 g/mol. The van der Waals surface area contributed by atoms with Crippen molar-refractivity contribution >= 4 is 40.0 Å². The number of sulfonamides is 1. The molecule has 2 aliphatic heterocycles. The van der Waals surface area contributed by atoms with Gasteiger partial charge in [0.1, 0.15) is 0 Å². The van der Waals surface area contributed by atoms with Gasteiger partial charge < -0.3 is 15.0 Å². The summed E-state index contributed by atoms with van der Waals surface area (Å²) in [5.74, 6) is 0.957. The number of nitrogens with one attached hydrogen (secondary N) is 1. The SMILES string of the molecule is CCNC(=NCC(CC)N1CCCC1)N1CCN(S(=O)(=O)CCOC(C)C)CC1.I. The van der Waals surface area contributed by atoms with Crippen molar-refractivity contribution < 1.29 is 13.2 Å². The van der Waals surface area contributed by atoms with Gasteiger partial charge in [-0.05, 0) is 53.1 Å². The molecule has 0 aliphatic carbocycles. The summed E-state index contributed by atoms with van der Waals surface area (Å²) in [4.78, 5) is 9.65. The summed E-state index contributed by atoms with van der Waals surface area (Å²) in [5, 5.41) is 3.39. The molecule has 0 bridgehead atoms. The van der Waals surface area contributed by atoms with E-state index in [1.807, 2.05) is 13.8 Å². The van der Waals surface area contributed by atoms with Gasteiger partial charge in [0, 0.05) is 38.8 Å². The molecule has 0 aromatic heterocycles. The van der Waals surface area contributed by atoms with Crippen LogP contribution in [0.4, 0.5) is 0 Å². The van der Waals surface area contributed by atoms with E-state index in [0.29, 0.717) is 32.2 Å². The topological polar surface area (TPSA) is 77.5 Å². The first kappa shape index (κ1) is 27.9. The molecule has 2 fully saturated rings. The van der Waals surface area contributed by atoms with Gasteiger partial charge in [0.05, 0.1) is 25.0 Å². The van der Waals surface area contributed by atoms with Crippen LogP contribution in [0, 0.1) is 0 Å². The molecule has 10 heteroatoms. The highest BCUT2D eigenvalue weighted by molar-refractivity contribution is 14.0. The molecule has 0 aromatic carbocycles. The average Bonchev–Trinajstić information content (AvgIpc) is 3.22. The van der Waals surface area contributed by atoms with Crippen LogP contribution < -0.4 is 5.32 Å². The van der Waals surface area contributed by atoms with E-state index < -0.39 is 10.0 Å². The van der Waals surface area contributed by atoms with Crippen molar-refractivity contribution in [3.63, 3.8) is 0 Å². The minimum atomic E-state index is -3.27. The molecule has 2 saturated heterocycles. The van der Waals surface area contributed by atoms with Crippen LogP contribution in [0.25, 0.3) is 0 Å². The Labute approximate surface area is 200 Å². The van der Waals surface area contributed by atoms with Crippen LogP contribution in [-0.2, 0) is 14.8 Å². The minimum absolute atomic E-state index is 0. The molecule has 8 nitrogen and oxygen atoms in total. The van der Waals surface area contributed by atoms with Crippen LogP contribution in [0.1, 0.15) is 47.0 Å². The standard InChI is InChI=1S/C20H41N5O3S.HI/c1-5-19(23-9-7-8-10-23)17-22-20(21-6-2)24-11-13-25(14-12-24)29(26,27)16-15-28-18(3)4;/h18-19H,5-17H2,1-4H3,(H,21,22);1H. The number of guanidine groups is 1. The van der Waals surface area contributed by atoms with E-state index >= 15 is 0 Å². The quantitative estimate of drug-likeness (QED) is 0.250. The van der Waals surface area contributed by atoms with Gasteiger partial charge in [-0.25, -0.2) is 8.42 Å². The number of nitrogens with zero attached hydrogens (tertiary/aromatic N) is 4. The second-order valence-corrected chi connectivity index (χ2v) is 10.2. The predicted octanol–water partition coefficient (Wildman–Crippen LogP) is 1.82. The smallest absolute Gasteiger partial charge is 0.216 e. The predicted molar refractivity (Wildman–Crippen MR) is 134 cm³/mol. The van der Waals surface area contributed by atoms with Gasteiger partial charge in [-0.2, -0.15) is 4.31 Å². The van der Waals surface area contributed by atoms with Crippen LogP contribution >= 0.6 is 24.0 Å². The lowest BCUT2D eigenvalue weighted by atomic mass is 10.2. The van der Waals surface area contributed by atoms with E-state index in [1.165, 1.54) is 25.9 Å². The number of hydrogen-bond acceptors (Lipinski definition) is 5. The Bertz CT molecular complexity index is 604. The molecule has 2 heterocycles. The normalized spacial score (nSPS) is 20.4. The lowest BCUT2D eigenvalue weighted by Gasteiger charge is -2.36. The zero-order valence-electron chi connectivity index (χ0n) is 19.2. The number of halogens is 1. The Kier molecular flexibility index (Phi) is 13.1. The van der Waals surface area contributed by atoms with Gasteiger partial charge in [-0.3, -0.25) is 9.89 Å². The van der Waals surface area contributed by atoms with E-state index in [-0.39, 0.29) is 42.4 Å². The van der Waals surface area contributed by atoms with Crippen molar-refractivity contribution in [3.05, 3.63) is 0 Å². The van der Waals surface area contributed by atoms with E-state index in [1.54, 1.807) is 4.31 Å². The van der Waals surface area contributed by atoms with Gasteiger partial charge in [0.15, 0.2) is 5.96 Å². The lowest BCUT2D eigenvalue weighted by molar-refractivity contribution is 0.0904. The van der Waals surface area contributed by atoms with Crippen LogP contribution in [-0.4, -0.2) is 105 Å². The number of rotatable bonds is 10. The van der Waals surface area contributed by atoms with Crippen LogP contribution in [0.15, 0.2) is 4.99 Å². The highest BCUT2D eigenvalue weighted by atomic mass is 127. The van der Waals surface area contributed by atoms with E-state index in [2.05, 4.69) is 29.0 Å². The lowest BCUT2D eigenvalue weighted by Crippen LogP contribution is -2.54. The third kappa shape index (κ3) is 8.76. The zero-order chi connectivity index (χ0) is 21.3. The van der Waals surface area contributed by atoms with Crippen molar-refractivity contribution in [1.29, 1.82) is 0 Å². The number of hydrogen-bond donors (Lipinski definition) is 1. The molecule has 30 heavy (non-hydrogen) atoms. The fraction of sp³-hybridized carbons (Fsp3) is 0.950. The van der Waals surface area contributed by atoms with Gasteiger partial charge in [0.25, 0.3) is 0 Å². The maximum absolute atomic E-state index is 12.5. The molecule has 2 rings (SSSR count). The maximum atomic E-state index is 12.5. The first-order chi connectivity index (χ1) is 13.9. The molecule has 0 radical (unpaired) electrons. The molecule has 0 spiro atoms. The van der Waals surface area contributed by atoms with Gasteiger partial charge in [0.2, 0.25) is 10.0 Å². The largest absolute Gasteiger partial charge is 0.378 e. The molecule has 1 N–H and O–H groups in total. The fourth-order valence-electron chi connectivity index (χ4n) is 3.92. The number of aliphatic imine (C=N–C) groups is 1. The van der Waals surface area contributed by atoms with E-state index in [9.17, 15) is 8.42 Å². The van der Waals surface area contributed by atoms with Crippen LogP contribution in [0.3, 0.4) is 0 Å². The third-order valence-corrected chi connectivity index (χ3v) is 7.47. The van der Waals surface area contributed by atoms with E-state index in [4.69, 9.17) is 9.73 Å². The Balaban J connectivity index is 0.00000450. The Morgan fingerprint density at radius 3 is 2.23 bits per heavy atom. The van der Waals surface area contributed by atoms with Gasteiger partial charge in [-0.1, -0.05) is 6.92 Å².